The highest BCUT2D eigenvalue weighted by Gasteiger charge is 2.37. The van der Waals surface area contributed by atoms with E-state index < -0.39 is 10.0 Å². The van der Waals surface area contributed by atoms with Crippen LogP contribution in [0.3, 0.4) is 0 Å². The summed E-state index contributed by atoms with van der Waals surface area (Å²) in [4.78, 5) is 15.6. The summed E-state index contributed by atoms with van der Waals surface area (Å²) in [6.07, 6.45) is 3.05. The first-order valence-electron chi connectivity index (χ1n) is 10.5. The quantitative estimate of drug-likeness (QED) is 0.732. The van der Waals surface area contributed by atoms with Gasteiger partial charge < -0.3 is 9.64 Å². The van der Waals surface area contributed by atoms with Crippen LogP contribution in [-0.4, -0.2) is 50.3 Å². The molecule has 2 aliphatic heterocycles. The third-order valence-corrected chi connectivity index (χ3v) is 8.11. The molecule has 1 unspecified atom stereocenters. The monoisotopic (exact) mass is 428 g/mol. The third kappa shape index (κ3) is 4.09. The van der Waals surface area contributed by atoms with E-state index >= 15 is 0 Å². The van der Waals surface area contributed by atoms with Gasteiger partial charge in [-0.25, -0.2) is 8.42 Å². The maximum absolute atomic E-state index is 13.3. The van der Waals surface area contributed by atoms with Crippen molar-refractivity contribution in [2.75, 3.05) is 26.7 Å². The van der Waals surface area contributed by atoms with Crippen molar-refractivity contribution in [1.29, 1.82) is 0 Å². The third-order valence-electron chi connectivity index (χ3n) is 6.20. The molecule has 1 atom stereocenters. The van der Waals surface area contributed by atoms with Crippen molar-refractivity contribution < 1.29 is 17.9 Å². The van der Waals surface area contributed by atoms with E-state index in [4.69, 9.17) is 4.74 Å². The van der Waals surface area contributed by atoms with E-state index in [1.54, 1.807) is 37.4 Å². The number of carbonyl (C=O) groups is 1. The summed E-state index contributed by atoms with van der Waals surface area (Å²) in [6, 6.07) is 16.5. The Morgan fingerprint density at radius 2 is 1.70 bits per heavy atom. The summed E-state index contributed by atoms with van der Waals surface area (Å²) >= 11 is 0. The Morgan fingerprint density at radius 1 is 0.967 bits per heavy atom. The van der Waals surface area contributed by atoms with Crippen LogP contribution in [0.4, 0.5) is 0 Å². The SMILES string of the molecule is COc1cccc(C2CCCN2C(=O)C2CCN(S(=O)(=O)c3ccccc3)CC2)c1. The summed E-state index contributed by atoms with van der Waals surface area (Å²) in [6.45, 7) is 1.51. The zero-order valence-corrected chi connectivity index (χ0v) is 18.1. The fourth-order valence-electron chi connectivity index (χ4n) is 4.54. The second-order valence-corrected chi connectivity index (χ2v) is 9.90. The maximum atomic E-state index is 13.3. The van der Waals surface area contributed by atoms with E-state index in [1.807, 2.05) is 29.2 Å². The van der Waals surface area contributed by atoms with Gasteiger partial charge in [0.1, 0.15) is 5.75 Å². The number of rotatable bonds is 5. The largest absolute Gasteiger partial charge is 0.497 e. The number of nitrogens with zero attached hydrogens (tertiary/aromatic N) is 2. The highest BCUT2D eigenvalue weighted by atomic mass is 32.2. The Balaban J connectivity index is 1.42. The first-order chi connectivity index (χ1) is 14.5. The summed E-state index contributed by atoms with van der Waals surface area (Å²) in [7, 11) is -1.85. The van der Waals surface area contributed by atoms with Gasteiger partial charge in [0, 0.05) is 25.6 Å². The van der Waals surface area contributed by atoms with E-state index in [9.17, 15) is 13.2 Å². The Morgan fingerprint density at radius 3 is 2.40 bits per heavy atom. The number of carbonyl (C=O) groups excluding carboxylic acids is 1. The second kappa shape index (κ2) is 8.78. The van der Waals surface area contributed by atoms with Crippen LogP contribution in [0.15, 0.2) is 59.5 Å². The molecule has 160 valence electrons. The molecule has 0 N–H and O–H groups in total. The van der Waals surface area contributed by atoms with Crippen LogP contribution >= 0.6 is 0 Å². The molecule has 30 heavy (non-hydrogen) atoms. The number of piperidine rings is 1. The maximum Gasteiger partial charge on any atom is 0.243 e. The van der Waals surface area contributed by atoms with E-state index in [2.05, 4.69) is 0 Å². The van der Waals surface area contributed by atoms with Crippen molar-refractivity contribution in [3.8, 4) is 5.75 Å². The van der Waals surface area contributed by atoms with Crippen molar-refractivity contribution in [3.63, 3.8) is 0 Å². The number of hydrogen-bond donors (Lipinski definition) is 0. The molecule has 0 aliphatic carbocycles. The minimum atomic E-state index is -3.50. The van der Waals surface area contributed by atoms with Gasteiger partial charge in [-0.1, -0.05) is 30.3 Å². The van der Waals surface area contributed by atoms with Gasteiger partial charge in [-0.2, -0.15) is 4.31 Å². The fourth-order valence-corrected chi connectivity index (χ4v) is 6.04. The lowest BCUT2D eigenvalue weighted by Crippen LogP contribution is -2.44. The number of sulfonamides is 1. The predicted octanol–water partition coefficient (Wildman–Crippen LogP) is 3.46. The second-order valence-electron chi connectivity index (χ2n) is 7.96. The molecule has 0 aromatic heterocycles. The Kier molecular flexibility index (Phi) is 6.11. The van der Waals surface area contributed by atoms with Crippen LogP contribution in [0.5, 0.6) is 5.75 Å². The molecule has 0 saturated carbocycles. The fraction of sp³-hybridized carbons (Fsp3) is 0.435. The highest BCUT2D eigenvalue weighted by Crippen LogP contribution is 2.36. The molecular formula is C23H28N2O4S. The predicted molar refractivity (Wildman–Crippen MR) is 115 cm³/mol. The Hall–Kier alpha value is -2.38. The standard InChI is InChI=1S/C23H28N2O4S/c1-29-20-8-5-7-19(17-20)22-11-6-14-25(22)23(26)18-12-15-24(16-13-18)30(27,28)21-9-3-2-4-10-21/h2-5,7-10,17-18,22H,6,11-16H2,1H3. The van der Waals surface area contributed by atoms with E-state index in [0.717, 1.165) is 30.7 Å². The molecular weight excluding hydrogens is 400 g/mol. The summed E-state index contributed by atoms with van der Waals surface area (Å²) < 4.78 is 32.5. The van der Waals surface area contributed by atoms with Crippen molar-refractivity contribution in [2.45, 2.75) is 36.6 Å². The first-order valence-corrected chi connectivity index (χ1v) is 11.9. The van der Waals surface area contributed by atoms with Gasteiger partial charge >= 0.3 is 0 Å². The normalized spacial score (nSPS) is 21.0. The number of amides is 1. The molecule has 2 fully saturated rings. The van der Waals surface area contributed by atoms with E-state index in [0.29, 0.717) is 30.8 Å². The molecule has 0 bridgehead atoms. The van der Waals surface area contributed by atoms with Crippen LogP contribution in [0.25, 0.3) is 0 Å². The Labute approximate surface area is 178 Å². The molecule has 0 spiro atoms. The van der Waals surface area contributed by atoms with Crippen molar-refractivity contribution >= 4 is 15.9 Å². The minimum Gasteiger partial charge on any atom is -0.497 e. The van der Waals surface area contributed by atoms with Gasteiger partial charge in [-0.05, 0) is 55.5 Å². The average molecular weight is 429 g/mol. The number of benzene rings is 2. The van der Waals surface area contributed by atoms with Crippen LogP contribution in [0.1, 0.15) is 37.3 Å². The highest BCUT2D eigenvalue weighted by molar-refractivity contribution is 7.89. The number of likely N-dealkylation sites (tertiary alicyclic amines) is 1. The average Bonchev–Trinajstić information content (AvgIpc) is 3.29. The molecule has 2 heterocycles. The van der Waals surface area contributed by atoms with Gasteiger partial charge in [0.25, 0.3) is 0 Å². The molecule has 7 heteroatoms. The molecule has 2 aliphatic rings. The van der Waals surface area contributed by atoms with Gasteiger partial charge in [-0.3, -0.25) is 4.79 Å². The van der Waals surface area contributed by atoms with Crippen molar-refractivity contribution in [1.82, 2.24) is 9.21 Å². The molecule has 0 radical (unpaired) electrons. The minimum absolute atomic E-state index is 0.0682. The van der Waals surface area contributed by atoms with Crippen LogP contribution in [0.2, 0.25) is 0 Å². The molecule has 2 aromatic carbocycles. The van der Waals surface area contributed by atoms with Crippen molar-refractivity contribution in [3.05, 3.63) is 60.2 Å². The van der Waals surface area contributed by atoms with Gasteiger partial charge in [0.15, 0.2) is 0 Å². The molecule has 1 amide bonds. The first kappa shape index (κ1) is 20.9. The molecule has 2 aromatic rings. The lowest BCUT2D eigenvalue weighted by Gasteiger charge is -2.34. The van der Waals surface area contributed by atoms with Crippen LogP contribution < -0.4 is 4.74 Å². The summed E-state index contributed by atoms with van der Waals surface area (Å²) in [5.74, 6) is 0.821. The molecule has 4 rings (SSSR count). The van der Waals surface area contributed by atoms with E-state index in [1.165, 1.54) is 4.31 Å². The number of hydrogen-bond acceptors (Lipinski definition) is 4. The van der Waals surface area contributed by atoms with Crippen LogP contribution in [0, 0.1) is 5.92 Å². The zero-order valence-electron chi connectivity index (χ0n) is 17.2. The van der Waals surface area contributed by atoms with E-state index in [-0.39, 0.29) is 17.9 Å². The molecule has 2 saturated heterocycles. The topological polar surface area (TPSA) is 66.9 Å². The van der Waals surface area contributed by atoms with Crippen molar-refractivity contribution in [2.24, 2.45) is 5.92 Å². The number of methoxy groups -OCH3 is 1. The molecule has 6 nitrogen and oxygen atoms in total. The lowest BCUT2D eigenvalue weighted by molar-refractivity contribution is -0.137. The smallest absolute Gasteiger partial charge is 0.243 e. The summed E-state index contributed by atoms with van der Waals surface area (Å²) in [5.41, 5.74) is 1.10. The zero-order chi connectivity index (χ0) is 21.1. The Bertz CT molecular complexity index is 985. The van der Waals surface area contributed by atoms with Gasteiger partial charge in [-0.15, -0.1) is 0 Å². The van der Waals surface area contributed by atoms with Crippen LogP contribution in [-0.2, 0) is 14.8 Å². The number of ether oxygens (including phenoxy) is 1. The lowest BCUT2D eigenvalue weighted by atomic mass is 9.95. The summed E-state index contributed by atoms with van der Waals surface area (Å²) in [5, 5.41) is 0. The van der Waals surface area contributed by atoms with Gasteiger partial charge in [0.2, 0.25) is 15.9 Å². The van der Waals surface area contributed by atoms with Gasteiger partial charge in [0.05, 0.1) is 18.0 Å².